The fourth-order valence-electron chi connectivity index (χ4n) is 11.3. The second-order valence-electron chi connectivity index (χ2n) is 22.2. The number of aliphatic hydroxyl groups excluding tert-OH is 1. The molecule has 14 heteroatoms. The SMILES string of the molecule is CC(C)N(CCNC(=O)C1c2ccc(OCc3ccccc3)cc2CCN1C(=O)C(CO)c1ccccc1)C(C)C.COC(C(=O)N1CCc2cc(OCc3ccccc3)ccc2C1C(=O)NCCN(C(C)C)C(C)C)c1ccccc1. The molecule has 0 radical (unpaired) electrons. The summed E-state index contributed by atoms with van der Waals surface area (Å²) < 4.78 is 17.8. The predicted molar refractivity (Wildman–Crippen MR) is 323 cm³/mol. The van der Waals surface area contributed by atoms with E-state index in [1.807, 2.05) is 158 Å². The maximum absolute atomic E-state index is 13.9. The lowest BCUT2D eigenvalue weighted by Gasteiger charge is -2.38. The Morgan fingerprint density at radius 1 is 0.524 bits per heavy atom. The molecule has 8 rings (SSSR count). The van der Waals surface area contributed by atoms with Gasteiger partial charge in [-0.1, -0.05) is 133 Å². The molecule has 0 spiro atoms. The summed E-state index contributed by atoms with van der Waals surface area (Å²) in [6.07, 6.45) is 0.418. The van der Waals surface area contributed by atoms with Gasteiger partial charge in [0.1, 0.15) is 36.8 Å². The highest BCUT2D eigenvalue weighted by Crippen LogP contribution is 2.37. The number of nitrogens with zero attached hydrogens (tertiary/aromatic N) is 4. The average molecular weight is 1120 g/mol. The molecule has 0 saturated heterocycles. The molecule has 0 bridgehead atoms. The monoisotopic (exact) mass is 1110 g/mol. The molecule has 6 aromatic carbocycles. The molecular weight excluding hydrogens is 1030 g/mol. The number of hydrogen-bond donors (Lipinski definition) is 3. The van der Waals surface area contributed by atoms with E-state index in [9.17, 15) is 24.3 Å². The van der Waals surface area contributed by atoms with E-state index in [4.69, 9.17) is 14.2 Å². The van der Waals surface area contributed by atoms with E-state index in [-0.39, 0.29) is 30.2 Å². The van der Waals surface area contributed by atoms with Gasteiger partial charge in [0, 0.05) is 70.5 Å². The summed E-state index contributed by atoms with van der Waals surface area (Å²) in [4.78, 5) is 63.5. The number of rotatable bonds is 24. The molecule has 0 aromatic heterocycles. The number of fused-ring (bicyclic) bond motifs is 2. The third-order valence-electron chi connectivity index (χ3n) is 15.5. The lowest BCUT2D eigenvalue weighted by atomic mass is 9.89. The number of amides is 4. The summed E-state index contributed by atoms with van der Waals surface area (Å²) in [7, 11) is 1.53. The van der Waals surface area contributed by atoms with Crippen molar-refractivity contribution < 1.29 is 38.5 Å². The first-order valence-electron chi connectivity index (χ1n) is 29.1. The van der Waals surface area contributed by atoms with Crippen LogP contribution in [0, 0.1) is 0 Å². The van der Waals surface area contributed by atoms with Crippen LogP contribution in [0.4, 0.5) is 0 Å². The number of aliphatic hydroxyl groups is 1. The van der Waals surface area contributed by atoms with E-state index in [1.54, 1.807) is 9.80 Å². The summed E-state index contributed by atoms with van der Waals surface area (Å²) in [5.74, 6) is -0.135. The van der Waals surface area contributed by atoms with Crippen molar-refractivity contribution in [3.05, 3.63) is 202 Å². The third-order valence-corrected chi connectivity index (χ3v) is 15.5. The van der Waals surface area contributed by atoms with Crippen molar-refractivity contribution in [2.45, 2.75) is 130 Å². The Labute approximate surface area is 486 Å². The zero-order valence-electron chi connectivity index (χ0n) is 49.5. The minimum atomic E-state index is -0.793. The third kappa shape index (κ3) is 16.4. The Kier molecular flexibility index (Phi) is 23.2. The topological polar surface area (TPSA) is 153 Å². The van der Waals surface area contributed by atoms with Crippen LogP contribution in [-0.4, -0.2) is 125 Å². The Hall–Kier alpha value is -7.36. The smallest absolute Gasteiger partial charge is 0.257 e. The number of carbonyl (C=O) groups is 4. The highest BCUT2D eigenvalue weighted by molar-refractivity contribution is 5.93. The minimum Gasteiger partial charge on any atom is -0.489 e. The number of ether oxygens (including phenoxy) is 3. The van der Waals surface area contributed by atoms with Crippen LogP contribution in [-0.2, 0) is 50.0 Å². The van der Waals surface area contributed by atoms with Crippen molar-refractivity contribution in [2.75, 3.05) is 53.0 Å². The summed E-state index contributed by atoms with van der Waals surface area (Å²) in [6, 6.07) is 50.2. The van der Waals surface area contributed by atoms with Crippen LogP contribution < -0.4 is 20.1 Å². The van der Waals surface area contributed by atoms with Crippen molar-refractivity contribution in [2.24, 2.45) is 0 Å². The molecule has 82 heavy (non-hydrogen) atoms. The molecule has 4 unspecified atom stereocenters. The van der Waals surface area contributed by atoms with E-state index in [2.05, 4.69) is 75.8 Å². The Bertz CT molecular complexity index is 2740. The van der Waals surface area contributed by atoms with Gasteiger partial charge in [-0.25, -0.2) is 0 Å². The summed E-state index contributed by atoms with van der Waals surface area (Å²) in [5, 5.41) is 16.5. The molecule has 2 aliphatic rings. The minimum absolute atomic E-state index is 0.187. The van der Waals surface area contributed by atoms with Crippen molar-refractivity contribution in [1.82, 2.24) is 30.2 Å². The second-order valence-corrected chi connectivity index (χ2v) is 22.2. The lowest BCUT2D eigenvalue weighted by Crippen LogP contribution is -2.50. The van der Waals surface area contributed by atoms with Gasteiger partial charge in [-0.05, 0) is 137 Å². The van der Waals surface area contributed by atoms with E-state index in [1.165, 1.54) is 7.11 Å². The Balaban J connectivity index is 0.000000236. The molecule has 2 aliphatic heterocycles. The van der Waals surface area contributed by atoms with Crippen molar-refractivity contribution in [3.63, 3.8) is 0 Å². The van der Waals surface area contributed by atoms with E-state index >= 15 is 0 Å². The Morgan fingerprint density at radius 3 is 1.28 bits per heavy atom. The molecule has 3 N–H and O–H groups in total. The van der Waals surface area contributed by atoms with Gasteiger partial charge >= 0.3 is 0 Å². The highest BCUT2D eigenvalue weighted by Gasteiger charge is 2.41. The van der Waals surface area contributed by atoms with Crippen LogP contribution in [0.25, 0.3) is 0 Å². The molecule has 14 nitrogen and oxygen atoms in total. The second kappa shape index (κ2) is 30.6. The normalized spacial score (nSPS) is 15.6. The van der Waals surface area contributed by atoms with E-state index in [0.29, 0.717) is 82.9 Å². The molecular formula is C68H86N6O8. The average Bonchev–Trinajstić information content (AvgIpc) is 3.57. The van der Waals surface area contributed by atoms with Crippen molar-refractivity contribution in [1.29, 1.82) is 0 Å². The van der Waals surface area contributed by atoms with Crippen LogP contribution in [0.5, 0.6) is 11.5 Å². The largest absolute Gasteiger partial charge is 0.489 e. The molecule has 2 heterocycles. The van der Waals surface area contributed by atoms with E-state index in [0.717, 1.165) is 62.6 Å². The zero-order chi connectivity index (χ0) is 58.7. The first-order chi connectivity index (χ1) is 39.6. The van der Waals surface area contributed by atoms with Gasteiger partial charge in [0.25, 0.3) is 5.91 Å². The molecule has 6 aromatic rings. The summed E-state index contributed by atoms with van der Waals surface area (Å²) in [6.45, 7) is 21.0. The number of benzene rings is 6. The van der Waals surface area contributed by atoms with Crippen molar-refractivity contribution in [3.8, 4) is 11.5 Å². The highest BCUT2D eigenvalue weighted by atomic mass is 16.5. The van der Waals surface area contributed by atoms with Crippen LogP contribution in [0.15, 0.2) is 158 Å². The summed E-state index contributed by atoms with van der Waals surface area (Å²) >= 11 is 0. The molecule has 0 aliphatic carbocycles. The van der Waals surface area contributed by atoms with Gasteiger partial charge in [0.15, 0.2) is 6.10 Å². The van der Waals surface area contributed by atoms with E-state index < -0.39 is 24.1 Å². The number of hydrogen-bond acceptors (Lipinski definition) is 10. The first-order valence-corrected chi connectivity index (χ1v) is 29.1. The van der Waals surface area contributed by atoms with Gasteiger partial charge in [0.2, 0.25) is 17.7 Å². The molecule has 436 valence electrons. The fraction of sp³-hybridized carbons (Fsp3) is 0.412. The number of nitrogens with one attached hydrogen (secondary N) is 2. The number of methoxy groups -OCH3 is 1. The molecule has 4 atom stereocenters. The van der Waals surface area contributed by atoms with Crippen molar-refractivity contribution >= 4 is 23.6 Å². The fourth-order valence-corrected chi connectivity index (χ4v) is 11.3. The predicted octanol–water partition coefficient (Wildman–Crippen LogP) is 10.0. The Morgan fingerprint density at radius 2 is 0.902 bits per heavy atom. The maximum Gasteiger partial charge on any atom is 0.257 e. The zero-order valence-corrected chi connectivity index (χ0v) is 49.5. The quantitative estimate of drug-likeness (QED) is 0.0534. The maximum atomic E-state index is 13.9. The van der Waals surface area contributed by atoms with Crippen LogP contribution in [0.2, 0.25) is 0 Å². The lowest BCUT2D eigenvalue weighted by molar-refractivity contribution is -0.150. The van der Waals surface area contributed by atoms with Crippen LogP contribution >= 0.6 is 0 Å². The van der Waals surface area contributed by atoms with Crippen LogP contribution in [0.1, 0.15) is 124 Å². The van der Waals surface area contributed by atoms with Crippen LogP contribution in [0.3, 0.4) is 0 Å². The van der Waals surface area contributed by atoms with Gasteiger partial charge in [-0.3, -0.25) is 29.0 Å². The first kappa shape index (κ1) is 62.2. The van der Waals surface area contributed by atoms with Gasteiger partial charge < -0.3 is 39.8 Å². The molecule has 4 amide bonds. The molecule has 0 fully saturated rings. The number of carbonyl (C=O) groups excluding carboxylic acids is 4. The van der Waals surface area contributed by atoms with Gasteiger partial charge in [-0.2, -0.15) is 0 Å². The van der Waals surface area contributed by atoms with Gasteiger partial charge in [0.05, 0.1) is 12.5 Å². The summed E-state index contributed by atoms with van der Waals surface area (Å²) in [5.41, 5.74) is 7.28. The molecule has 0 saturated carbocycles. The van der Waals surface area contributed by atoms with Gasteiger partial charge in [-0.15, -0.1) is 0 Å². The standard InChI is InChI=1S/2C34H43N3O4/c1-24(2)36(25(3)4)21-19-35-33(38)31-30-17-16-29(41-23-26-12-8-6-9-13-26)22-28(30)18-20-37(31)34(39)32(40-5)27-14-10-7-11-15-27;1-24(2)36(25(3)4)20-18-35-33(39)32-30-16-15-29(41-23-26-11-7-5-8-12-26)21-28(30)17-19-37(32)34(40)31(22-38)27-13-9-6-10-14-27/h6-17,22,24-25,31-32H,18-21,23H2,1-5H3,(H,35,38);5-16,21,24-25,31-32,38H,17-20,22-23H2,1-4H3,(H,35,39).